The van der Waals surface area contributed by atoms with Crippen molar-refractivity contribution < 1.29 is 19.2 Å². The number of benzene rings is 1. The van der Waals surface area contributed by atoms with Gasteiger partial charge in [0.15, 0.2) is 0 Å². The summed E-state index contributed by atoms with van der Waals surface area (Å²) in [7, 11) is 0. The minimum atomic E-state index is -1.08. The molecule has 2 aromatic rings. The molecule has 0 radical (unpaired) electrons. The van der Waals surface area contributed by atoms with Crippen molar-refractivity contribution in [2.24, 2.45) is 5.92 Å². The molecule has 3 N–H and O–H groups in total. The van der Waals surface area contributed by atoms with Crippen LogP contribution in [0.5, 0.6) is 0 Å². The smallest absolute Gasteiger partial charge is 0.290 e. The van der Waals surface area contributed by atoms with Crippen molar-refractivity contribution in [2.45, 2.75) is 72.0 Å². The summed E-state index contributed by atoms with van der Waals surface area (Å²) in [5, 5.41) is 8.15. The van der Waals surface area contributed by atoms with E-state index in [0.717, 1.165) is 11.1 Å². The van der Waals surface area contributed by atoms with Gasteiger partial charge in [0.1, 0.15) is 12.1 Å². The molecule has 1 heterocycles. The largest absolute Gasteiger partial charge is 0.345 e. The molecule has 0 fully saturated rings. The van der Waals surface area contributed by atoms with E-state index in [0.29, 0.717) is 12.0 Å². The Morgan fingerprint density at radius 2 is 1.60 bits per heavy atom. The van der Waals surface area contributed by atoms with Gasteiger partial charge in [0.25, 0.3) is 11.8 Å². The van der Waals surface area contributed by atoms with Gasteiger partial charge in [-0.3, -0.25) is 24.2 Å². The third-order valence-electron chi connectivity index (χ3n) is 5.09. The lowest BCUT2D eigenvalue weighted by molar-refractivity contribution is -0.141. The molecule has 1 aromatic carbocycles. The van der Waals surface area contributed by atoms with Crippen molar-refractivity contribution in [1.29, 1.82) is 0 Å². The highest BCUT2D eigenvalue weighted by Gasteiger charge is 2.32. The Bertz CT molecular complexity index is 1040. The summed E-state index contributed by atoms with van der Waals surface area (Å²) >= 11 is 0. The van der Waals surface area contributed by atoms with Crippen LogP contribution in [0.1, 0.15) is 62.5 Å². The average Bonchev–Trinajstić information content (AvgIpc) is 2.76. The van der Waals surface area contributed by atoms with Crippen LogP contribution in [0, 0.1) is 12.8 Å². The van der Waals surface area contributed by atoms with Crippen LogP contribution in [0.3, 0.4) is 0 Å². The van der Waals surface area contributed by atoms with Gasteiger partial charge in [-0.25, -0.2) is 0 Å². The van der Waals surface area contributed by atoms with Crippen molar-refractivity contribution >= 4 is 23.5 Å². The van der Waals surface area contributed by atoms with Crippen LogP contribution in [0.15, 0.2) is 48.8 Å². The van der Waals surface area contributed by atoms with E-state index in [4.69, 9.17) is 0 Å². The number of pyridine rings is 1. The van der Waals surface area contributed by atoms with Gasteiger partial charge in [0.2, 0.25) is 11.7 Å². The number of carbonyl (C=O) groups is 4. The average molecular weight is 481 g/mol. The summed E-state index contributed by atoms with van der Waals surface area (Å²) in [4.78, 5) is 55.8. The Hall–Kier alpha value is -3.55. The first kappa shape index (κ1) is 27.7. The highest BCUT2D eigenvalue weighted by atomic mass is 16.2. The fourth-order valence-corrected chi connectivity index (χ4v) is 3.52. The van der Waals surface area contributed by atoms with Gasteiger partial charge in [-0.05, 0) is 57.2 Å². The van der Waals surface area contributed by atoms with E-state index in [1.165, 1.54) is 6.20 Å². The summed E-state index contributed by atoms with van der Waals surface area (Å²) in [6, 6.07) is 8.86. The maximum absolute atomic E-state index is 13.3. The fourth-order valence-electron chi connectivity index (χ4n) is 3.52. The summed E-state index contributed by atoms with van der Waals surface area (Å²) in [6.07, 6.45) is 3.58. The van der Waals surface area contributed by atoms with Crippen LogP contribution >= 0.6 is 0 Å². The predicted octanol–water partition coefficient (Wildman–Crippen LogP) is 2.75. The molecule has 2 rings (SSSR count). The quantitative estimate of drug-likeness (QED) is 0.452. The highest BCUT2D eigenvalue weighted by molar-refractivity contribution is 6.38. The van der Waals surface area contributed by atoms with E-state index in [-0.39, 0.29) is 12.3 Å². The first-order valence-corrected chi connectivity index (χ1v) is 11.8. The van der Waals surface area contributed by atoms with E-state index in [1.54, 1.807) is 33.0 Å². The number of nitrogens with one attached hydrogen (secondary N) is 3. The Kier molecular flexibility index (Phi) is 9.68. The van der Waals surface area contributed by atoms with Gasteiger partial charge in [-0.15, -0.1) is 0 Å². The van der Waals surface area contributed by atoms with E-state index in [1.807, 2.05) is 51.1 Å². The number of aromatic nitrogens is 1. The first-order valence-electron chi connectivity index (χ1n) is 11.8. The number of nitrogens with zero attached hydrogens (tertiary/aromatic N) is 1. The van der Waals surface area contributed by atoms with Crippen LogP contribution in [0.2, 0.25) is 0 Å². The SMILES string of the molecule is Cc1cncc(C(=O)NC(CC(C)C)C(=O)NC(Cc2ccccc2)C(=O)C(=O)NC(C)(C)C)c1. The van der Waals surface area contributed by atoms with Gasteiger partial charge >= 0.3 is 0 Å². The molecule has 188 valence electrons. The van der Waals surface area contributed by atoms with E-state index in [2.05, 4.69) is 20.9 Å². The third kappa shape index (κ3) is 9.31. The second-order valence-corrected chi connectivity index (χ2v) is 10.2. The lowest BCUT2D eigenvalue weighted by Gasteiger charge is -2.25. The van der Waals surface area contributed by atoms with Gasteiger partial charge in [0.05, 0.1) is 5.56 Å². The van der Waals surface area contributed by atoms with Crippen LogP contribution in [-0.2, 0) is 20.8 Å². The zero-order valence-corrected chi connectivity index (χ0v) is 21.3. The summed E-state index contributed by atoms with van der Waals surface area (Å²) in [5.74, 6) is -2.37. The number of Topliss-reactive ketones (excluding diaryl/α,β-unsaturated/α-hetero) is 1. The van der Waals surface area contributed by atoms with Crippen molar-refractivity contribution in [3.05, 3.63) is 65.5 Å². The van der Waals surface area contributed by atoms with Crippen molar-refractivity contribution in [3.8, 4) is 0 Å². The second-order valence-electron chi connectivity index (χ2n) is 10.2. The number of carbonyl (C=O) groups excluding carboxylic acids is 4. The Balaban J connectivity index is 2.25. The molecule has 35 heavy (non-hydrogen) atoms. The molecule has 8 heteroatoms. The minimum Gasteiger partial charge on any atom is -0.345 e. The predicted molar refractivity (Wildman–Crippen MR) is 135 cm³/mol. The number of ketones is 1. The van der Waals surface area contributed by atoms with Crippen molar-refractivity contribution in [1.82, 2.24) is 20.9 Å². The monoisotopic (exact) mass is 480 g/mol. The van der Waals surface area contributed by atoms with E-state index < -0.39 is 41.1 Å². The second kappa shape index (κ2) is 12.2. The molecule has 2 unspecified atom stereocenters. The molecule has 2 atom stereocenters. The van der Waals surface area contributed by atoms with E-state index in [9.17, 15) is 19.2 Å². The molecule has 0 aliphatic rings. The van der Waals surface area contributed by atoms with Gasteiger partial charge in [0, 0.05) is 24.4 Å². The Labute approximate surface area is 207 Å². The van der Waals surface area contributed by atoms with Crippen LogP contribution < -0.4 is 16.0 Å². The van der Waals surface area contributed by atoms with Gasteiger partial charge in [-0.2, -0.15) is 0 Å². The molecule has 0 saturated heterocycles. The van der Waals surface area contributed by atoms with Crippen LogP contribution in [-0.4, -0.2) is 46.1 Å². The number of hydrogen-bond acceptors (Lipinski definition) is 5. The Morgan fingerprint density at radius 3 is 2.17 bits per heavy atom. The number of rotatable bonds is 10. The standard InChI is InChI=1S/C27H36N4O4/c1-17(2)12-22(30-24(33)20-13-18(3)15-28-16-20)25(34)29-21(14-19-10-8-7-9-11-19)23(32)26(35)31-27(4,5)6/h7-11,13,15-17,21-22H,12,14H2,1-6H3,(H,29,34)(H,30,33)(H,31,35). The minimum absolute atomic E-state index is 0.0918. The van der Waals surface area contributed by atoms with Crippen LogP contribution in [0.25, 0.3) is 0 Å². The molecule has 0 spiro atoms. The molecule has 0 bridgehead atoms. The topological polar surface area (TPSA) is 117 Å². The molecular formula is C27H36N4O4. The fraction of sp³-hybridized carbons (Fsp3) is 0.444. The molecule has 3 amide bonds. The first-order chi connectivity index (χ1) is 16.4. The lowest BCUT2D eigenvalue weighted by Crippen LogP contribution is -2.56. The number of amides is 3. The molecule has 1 aromatic heterocycles. The van der Waals surface area contributed by atoms with Crippen molar-refractivity contribution in [2.75, 3.05) is 0 Å². The summed E-state index contributed by atoms with van der Waals surface area (Å²) in [5.41, 5.74) is 1.35. The molecule has 0 saturated carbocycles. The van der Waals surface area contributed by atoms with Crippen LogP contribution in [0.4, 0.5) is 0 Å². The normalized spacial score (nSPS) is 13.0. The zero-order chi connectivity index (χ0) is 26.2. The summed E-state index contributed by atoms with van der Waals surface area (Å²) in [6.45, 7) is 11.0. The van der Waals surface area contributed by atoms with Crippen molar-refractivity contribution in [3.63, 3.8) is 0 Å². The summed E-state index contributed by atoms with van der Waals surface area (Å²) < 4.78 is 0. The highest BCUT2D eigenvalue weighted by Crippen LogP contribution is 2.11. The Morgan fingerprint density at radius 1 is 0.943 bits per heavy atom. The molecular weight excluding hydrogens is 444 g/mol. The van der Waals surface area contributed by atoms with E-state index >= 15 is 0 Å². The molecule has 8 nitrogen and oxygen atoms in total. The maximum Gasteiger partial charge on any atom is 0.290 e. The lowest BCUT2D eigenvalue weighted by atomic mass is 9.98. The maximum atomic E-state index is 13.3. The third-order valence-corrected chi connectivity index (χ3v) is 5.09. The van der Waals surface area contributed by atoms with Gasteiger partial charge in [-0.1, -0.05) is 44.2 Å². The molecule has 0 aliphatic heterocycles. The molecule has 0 aliphatic carbocycles. The zero-order valence-electron chi connectivity index (χ0n) is 21.3. The van der Waals surface area contributed by atoms with Gasteiger partial charge < -0.3 is 16.0 Å². The number of hydrogen-bond donors (Lipinski definition) is 3. The number of aryl methyl sites for hydroxylation is 1.